The van der Waals surface area contributed by atoms with E-state index in [1.165, 1.54) is 12.5 Å². The van der Waals surface area contributed by atoms with Gasteiger partial charge in [0.15, 0.2) is 5.78 Å². The summed E-state index contributed by atoms with van der Waals surface area (Å²) < 4.78 is 0. The minimum atomic E-state index is -0.0115. The van der Waals surface area contributed by atoms with E-state index in [4.69, 9.17) is 5.73 Å². The van der Waals surface area contributed by atoms with Gasteiger partial charge in [-0.15, -0.1) is 0 Å². The SMILES string of the molecule is CC(=O)c1ccc(N(C)c2ccccc2C)cc1N. The monoisotopic (exact) mass is 254 g/mol. The molecule has 0 saturated heterocycles. The van der Waals surface area contributed by atoms with Crippen LogP contribution >= 0.6 is 0 Å². The highest BCUT2D eigenvalue weighted by Gasteiger charge is 2.10. The molecule has 2 N–H and O–H groups in total. The van der Waals surface area contributed by atoms with E-state index in [0.29, 0.717) is 11.3 Å². The Hall–Kier alpha value is -2.29. The number of carbonyl (C=O) groups excluding carboxylic acids is 1. The van der Waals surface area contributed by atoms with Gasteiger partial charge in [0.2, 0.25) is 0 Å². The third-order valence-electron chi connectivity index (χ3n) is 3.28. The van der Waals surface area contributed by atoms with Gasteiger partial charge in [-0.05, 0) is 43.7 Å². The van der Waals surface area contributed by atoms with Crippen LogP contribution < -0.4 is 10.6 Å². The normalized spacial score (nSPS) is 10.3. The first-order valence-corrected chi connectivity index (χ1v) is 6.20. The molecule has 19 heavy (non-hydrogen) atoms. The van der Waals surface area contributed by atoms with Crippen molar-refractivity contribution >= 4 is 22.8 Å². The van der Waals surface area contributed by atoms with Crippen LogP contribution in [0.1, 0.15) is 22.8 Å². The fourth-order valence-corrected chi connectivity index (χ4v) is 2.16. The van der Waals surface area contributed by atoms with E-state index in [-0.39, 0.29) is 5.78 Å². The quantitative estimate of drug-likeness (QED) is 0.673. The molecule has 0 aromatic heterocycles. The van der Waals surface area contributed by atoms with Crippen molar-refractivity contribution in [3.8, 4) is 0 Å². The first-order chi connectivity index (χ1) is 9.00. The van der Waals surface area contributed by atoms with Crippen LogP contribution in [0.5, 0.6) is 0 Å². The molecule has 0 bridgehead atoms. The highest BCUT2D eigenvalue weighted by molar-refractivity contribution is 5.99. The first kappa shape index (κ1) is 13.1. The van der Waals surface area contributed by atoms with Crippen LogP contribution in [0.2, 0.25) is 0 Å². The van der Waals surface area contributed by atoms with E-state index < -0.39 is 0 Å². The van der Waals surface area contributed by atoms with Gasteiger partial charge >= 0.3 is 0 Å². The molecule has 0 unspecified atom stereocenters. The molecule has 0 fully saturated rings. The zero-order valence-electron chi connectivity index (χ0n) is 11.5. The van der Waals surface area contributed by atoms with E-state index in [2.05, 4.69) is 24.0 Å². The number of anilines is 3. The van der Waals surface area contributed by atoms with Crippen LogP contribution in [0.3, 0.4) is 0 Å². The Bertz CT molecular complexity index is 620. The van der Waals surface area contributed by atoms with Crippen molar-refractivity contribution in [3.05, 3.63) is 53.6 Å². The van der Waals surface area contributed by atoms with E-state index in [1.54, 1.807) is 6.07 Å². The molecule has 0 aliphatic heterocycles. The predicted octanol–water partition coefficient (Wildman–Crippen LogP) is 3.55. The molecule has 3 heteroatoms. The zero-order chi connectivity index (χ0) is 14.0. The maximum Gasteiger partial charge on any atom is 0.161 e. The molecule has 0 radical (unpaired) electrons. The average molecular weight is 254 g/mol. The van der Waals surface area contributed by atoms with Crippen molar-refractivity contribution < 1.29 is 4.79 Å². The summed E-state index contributed by atoms with van der Waals surface area (Å²) >= 11 is 0. The lowest BCUT2D eigenvalue weighted by Crippen LogP contribution is -2.12. The molecular formula is C16H18N2O. The van der Waals surface area contributed by atoms with E-state index in [0.717, 1.165) is 11.4 Å². The van der Waals surface area contributed by atoms with Crippen molar-refractivity contribution in [1.29, 1.82) is 0 Å². The van der Waals surface area contributed by atoms with Gasteiger partial charge in [0.1, 0.15) is 0 Å². The molecular weight excluding hydrogens is 236 g/mol. The summed E-state index contributed by atoms with van der Waals surface area (Å²) in [6, 6.07) is 13.7. The lowest BCUT2D eigenvalue weighted by Gasteiger charge is -2.22. The van der Waals surface area contributed by atoms with Gasteiger partial charge < -0.3 is 10.6 Å². The fourth-order valence-electron chi connectivity index (χ4n) is 2.16. The second-order valence-electron chi connectivity index (χ2n) is 4.67. The van der Waals surface area contributed by atoms with Crippen LogP contribution in [0.15, 0.2) is 42.5 Å². The van der Waals surface area contributed by atoms with Crippen LogP contribution in [0, 0.1) is 6.92 Å². The number of nitrogens with zero attached hydrogens (tertiary/aromatic N) is 1. The third kappa shape index (κ3) is 2.60. The topological polar surface area (TPSA) is 46.3 Å². The lowest BCUT2D eigenvalue weighted by molar-refractivity contribution is 0.101. The molecule has 0 amide bonds. The molecule has 98 valence electrons. The Labute approximate surface area is 113 Å². The van der Waals surface area contributed by atoms with Crippen molar-refractivity contribution in [3.63, 3.8) is 0 Å². The summed E-state index contributed by atoms with van der Waals surface area (Å²) in [5.74, 6) is -0.0115. The van der Waals surface area contributed by atoms with E-state index in [1.807, 2.05) is 31.3 Å². The summed E-state index contributed by atoms with van der Waals surface area (Å²) in [5, 5.41) is 0. The number of hydrogen-bond donors (Lipinski definition) is 1. The number of para-hydroxylation sites is 1. The number of benzene rings is 2. The van der Waals surface area contributed by atoms with Crippen molar-refractivity contribution in [2.24, 2.45) is 0 Å². The smallest absolute Gasteiger partial charge is 0.161 e. The van der Waals surface area contributed by atoms with Gasteiger partial charge in [-0.1, -0.05) is 18.2 Å². The Balaban J connectivity index is 2.40. The molecule has 0 aliphatic carbocycles. The van der Waals surface area contributed by atoms with Gasteiger partial charge in [0.25, 0.3) is 0 Å². The van der Waals surface area contributed by atoms with Gasteiger partial charge in [0.05, 0.1) is 0 Å². The van der Waals surface area contributed by atoms with Crippen molar-refractivity contribution in [2.75, 3.05) is 17.7 Å². The highest BCUT2D eigenvalue weighted by Crippen LogP contribution is 2.29. The Morgan fingerprint density at radius 2 is 1.84 bits per heavy atom. The summed E-state index contributed by atoms with van der Waals surface area (Å²) in [6.07, 6.45) is 0. The van der Waals surface area contributed by atoms with Gasteiger partial charge in [-0.3, -0.25) is 4.79 Å². The van der Waals surface area contributed by atoms with Gasteiger partial charge in [0, 0.05) is 29.7 Å². The molecule has 0 heterocycles. The first-order valence-electron chi connectivity index (χ1n) is 6.20. The van der Waals surface area contributed by atoms with Crippen LogP contribution in [0.25, 0.3) is 0 Å². The maximum absolute atomic E-state index is 11.4. The molecule has 3 nitrogen and oxygen atoms in total. The highest BCUT2D eigenvalue weighted by atomic mass is 16.1. The fraction of sp³-hybridized carbons (Fsp3) is 0.188. The van der Waals surface area contributed by atoms with Crippen molar-refractivity contribution in [2.45, 2.75) is 13.8 Å². The zero-order valence-corrected chi connectivity index (χ0v) is 11.5. The van der Waals surface area contributed by atoms with E-state index >= 15 is 0 Å². The summed E-state index contributed by atoms with van der Waals surface area (Å²) in [7, 11) is 1.99. The maximum atomic E-state index is 11.4. The lowest BCUT2D eigenvalue weighted by atomic mass is 10.1. The van der Waals surface area contributed by atoms with Crippen LogP contribution in [-0.2, 0) is 0 Å². The van der Waals surface area contributed by atoms with Gasteiger partial charge in [-0.25, -0.2) is 0 Å². The summed E-state index contributed by atoms with van der Waals surface area (Å²) in [4.78, 5) is 13.4. The molecule has 0 saturated carbocycles. The number of nitrogens with two attached hydrogens (primary N) is 1. The average Bonchev–Trinajstić information content (AvgIpc) is 2.38. The molecule has 2 aromatic carbocycles. The number of Topliss-reactive ketones (excluding diaryl/α,β-unsaturated/α-hetero) is 1. The van der Waals surface area contributed by atoms with Crippen molar-refractivity contribution in [1.82, 2.24) is 0 Å². The number of ketones is 1. The second kappa shape index (κ2) is 5.14. The minimum Gasteiger partial charge on any atom is -0.398 e. The van der Waals surface area contributed by atoms with Crippen LogP contribution in [-0.4, -0.2) is 12.8 Å². The molecule has 0 spiro atoms. The minimum absolute atomic E-state index is 0.0115. The van der Waals surface area contributed by atoms with E-state index in [9.17, 15) is 4.79 Å². The molecule has 0 aliphatic rings. The number of rotatable bonds is 3. The number of hydrogen-bond acceptors (Lipinski definition) is 3. The largest absolute Gasteiger partial charge is 0.398 e. The molecule has 2 rings (SSSR count). The number of aryl methyl sites for hydroxylation is 1. The Morgan fingerprint density at radius 3 is 2.42 bits per heavy atom. The summed E-state index contributed by atoms with van der Waals surface area (Å²) in [6.45, 7) is 3.59. The predicted molar refractivity (Wildman–Crippen MR) is 80.1 cm³/mol. The third-order valence-corrected chi connectivity index (χ3v) is 3.28. The second-order valence-corrected chi connectivity index (χ2v) is 4.67. The Kier molecular flexibility index (Phi) is 3.56. The standard InChI is InChI=1S/C16H18N2O/c1-11-6-4-5-7-16(11)18(3)13-8-9-14(12(2)19)15(17)10-13/h4-10H,17H2,1-3H3. The summed E-state index contributed by atoms with van der Waals surface area (Å²) in [5.41, 5.74) is 10.3. The Morgan fingerprint density at radius 1 is 1.16 bits per heavy atom. The van der Waals surface area contributed by atoms with Crippen LogP contribution in [0.4, 0.5) is 17.1 Å². The number of carbonyl (C=O) groups is 1. The molecule has 2 aromatic rings. The number of nitrogen functional groups attached to an aromatic ring is 1. The molecule has 0 atom stereocenters. The van der Waals surface area contributed by atoms with Gasteiger partial charge in [-0.2, -0.15) is 0 Å².